The van der Waals surface area contributed by atoms with Crippen LogP contribution in [0.5, 0.6) is 0 Å². The van der Waals surface area contributed by atoms with Crippen molar-refractivity contribution in [3.05, 3.63) is 72.2 Å². The van der Waals surface area contributed by atoms with Gasteiger partial charge in [0.25, 0.3) is 0 Å². The topological polar surface area (TPSA) is 81.3 Å². The molecule has 138 valence electrons. The Morgan fingerprint density at radius 2 is 2.11 bits per heavy atom. The molecule has 27 heavy (non-hydrogen) atoms. The molecular formula is C21H20N2O4. The van der Waals surface area contributed by atoms with E-state index in [1.54, 1.807) is 12.4 Å². The fraction of sp³-hybridized carbons (Fsp3) is 0.190. The molecule has 2 aromatic heterocycles. The van der Waals surface area contributed by atoms with Crippen LogP contribution in [-0.4, -0.2) is 35.6 Å². The lowest BCUT2D eigenvalue weighted by atomic mass is 10.0. The second-order valence-corrected chi connectivity index (χ2v) is 5.92. The highest BCUT2D eigenvalue weighted by Gasteiger charge is 2.15. The fourth-order valence-corrected chi connectivity index (χ4v) is 2.69. The van der Waals surface area contributed by atoms with Crippen LogP contribution in [0, 0.1) is 0 Å². The first kappa shape index (κ1) is 18.4. The lowest BCUT2D eigenvalue weighted by Gasteiger charge is -2.09. The Hall–Kier alpha value is -3.41. The van der Waals surface area contributed by atoms with Gasteiger partial charge in [-0.3, -0.25) is 9.78 Å². The van der Waals surface area contributed by atoms with Gasteiger partial charge in [-0.25, -0.2) is 4.79 Å². The van der Waals surface area contributed by atoms with Gasteiger partial charge in [0.15, 0.2) is 0 Å². The van der Waals surface area contributed by atoms with Crippen molar-refractivity contribution < 1.29 is 19.1 Å². The van der Waals surface area contributed by atoms with Gasteiger partial charge in [-0.2, -0.15) is 0 Å². The number of nitrogens with one attached hydrogen (secondary N) is 1. The summed E-state index contributed by atoms with van der Waals surface area (Å²) < 4.78 is 9.85. The average molecular weight is 364 g/mol. The Labute approximate surface area is 156 Å². The van der Waals surface area contributed by atoms with Gasteiger partial charge in [0, 0.05) is 24.1 Å². The number of carbonyl (C=O) groups excluding carboxylic acids is 2. The number of methoxy groups -OCH3 is 1. The first-order valence-corrected chi connectivity index (χ1v) is 8.58. The molecule has 3 aromatic rings. The highest BCUT2D eigenvalue weighted by atomic mass is 16.5. The summed E-state index contributed by atoms with van der Waals surface area (Å²) in [6.45, 7) is -0.0257. The molecule has 0 aliphatic rings. The number of benzene rings is 1. The van der Waals surface area contributed by atoms with Crippen LogP contribution in [0.15, 0.2) is 61.1 Å². The standard InChI is InChI=1S/C21H20N2O4/c1-26-20(24)9-12-27-21(25)18(6-4-15-3-2-10-22-14-15)16-5-7-19-17(13-16)8-11-23-19/h2-3,5-8,10-11,13-14,23H,4,9,12H2,1H3. The van der Waals surface area contributed by atoms with E-state index in [1.807, 2.05) is 48.7 Å². The predicted molar refractivity (Wildman–Crippen MR) is 102 cm³/mol. The Morgan fingerprint density at radius 3 is 2.89 bits per heavy atom. The molecule has 1 aromatic carbocycles. The minimum atomic E-state index is -0.474. The summed E-state index contributed by atoms with van der Waals surface area (Å²) in [5.41, 5.74) is 3.19. The van der Waals surface area contributed by atoms with Crippen molar-refractivity contribution in [3.8, 4) is 0 Å². The van der Waals surface area contributed by atoms with Gasteiger partial charge in [0.05, 0.1) is 19.1 Å². The van der Waals surface area contributed by atoms with E-state index in [0.29, 0.717) is 12.0 Å². The monoisotopic (exact) mass is 364 g/mol. The van der Waals surface area contributed by atoms with Gasteiger partial charge >= 0.3 is 11.9 Å². The Balaban J connectivity index is 1.83. The number of pyridine rings is 1. The van der Waals surface area contributed by atoms with E-state index < -0.39 is 11.9 Å². The van der Waals surface area contributed by atoms with E-state index in [4.69, 9.17) is 4.74 Å². The molecular weight excluding hydrogens is 344 g/mol. The summed E-state index contributed by atoms with van der Waals surface area (Å²) in [6, 6.07) is 11.5. The van der Waals surface area contributed by atoms with E-state index in [9.17, 15) is 9.59 Å². The average Bonchev–Trinajstić information content (AvgIpc) is 3.16. The number of allylic oxidation sites excluding steroid dienone is 1. The molecule has 0 spiro atoms. The zero-order valence-electron chi connectivity index (χ0n) is 15.0. The molecule has 0 saturated carbocycles. The van der Waals surface area contributed by atoms with Crippen LogP contribution in [0.2, 0.25) is 0 Å². The summed E-state index contributed by atoms with van der Waals surface area (Å²) in [7, 11) is 1.30. The summed E-state index contributed by atoms with van der Waals surface area (Å²) in [6.07, 6.45) is 7.70. The number of fused-ring (bicyclic) bond motifs is 1. The molecule has 2 heterocycles. The molecule has 6 heteroatoms. The number of hydrogen-bond donors (Lipinski definition) is 1. The predicted octanol–water partition coefficient (Wildman–Crippen LogP) is 3.30. The number of ether oxygens (including phenoxy) is 2. The Kier molecular flexibility index (Phi) is 5.99. The normalized spacial score (nSPS) is 11.4. The second-order valence-electron chi connectivity index (χ2n) is 5.92. The number of hydrogen-bond acceptors (Lipinski definition) is 5. The second kappa shape index (κ2) is 8.80. The van der Waals surface area contributed by atoms with E-state index in [0.717, 1.165) is 22.0 Å². The number of esters is 2. The molecule has 0 atom stereocenters. The molecule has 0 aliphatic heterocycles. The third-order valence-electron chi connectivity index (χ3n) is 4.12. The molecule has 0 amide bonds. The molecule has 6 nitrogen and oxygen atoms in total. The van der Waals surface area contributed by atoms with Crippen LogP contribution in [0.4, 0.5) is 0 Å². The number of carbonyl (C=O) groups is 2. The molecule has 1 N–H and O–H groups in total. The number of nitrogens with zero attached hydrogens (tertiary/aromatic N) is 1. The molecule has 0 aliphatic carbocycles. The lowest BCUT2D eigenvalue weighted by molar-refractivity contribution is -0.144. The number of aromatic nitrogens is 2. The molecule has 0 bridgehead atoms. The Morgan fingerprint density at radius 1 is 1.22 bits per heavy atom. The maximum absolute atomic E-state index is 12.6. The Bertz CT molecular complexity index is 960. The minimum Gasteiger partial charge on any atom is -0.469 e. The summed E-state index contributed by atoms with van der Waals surface area (Å²) in [5, 5.41) is 1.00. The summed E-state index contributed by atoms with van der Waals surface area (Å²) >= 11 is 0. The van der Waals surface area contributed by atoms with E-state index in [2.05, 4.69) is 14.7 Å². The minimum absolute atomic E-state index is 0.0228. The molecule has 0 fully saturated rings. The maximum atomic E-state index is 12.6. The van der Waals surface area contributed by atoms with Gasteiger partial charge in [-0.05, 0) is 47.2 Å². The van der Waals surface area contributed by atoms with Crippen LogP contribution in [0.25, 0.3) is 16.5 Å². The van der Waals surface area contributed by atoms with Crippen LogP contribution in [0.1, 0.15) is 17.5 Å². The van der Waals surface area contributed by atoms with E-state index in [-0.39, 0.29) is 13.0 Å². The van der Waals surface area contributed by atoms with E-state index in [1.165, 1.54) is 7.11 Å². The van der Waals surface area contributed by atoms with Gasteiger partial charge in [0.1, 0.15) is 6.61 Å². The van der Waals surface area contributed by atoms with Crippen LogP contribution in [-0.2, 0) is 25.5 Å². The highest BCUT2D eigenvalue weighted by molar-refractivity contribution is 6.17. The van der Waals surface area contributed by atoms with Crippen molar-refractivity contribution in [2.45, 2.75) is 12.8 Å². The lowest BCUT2D eigenvalue weighted by Crippen LogP contribution is -2.12. The van der Waals surface area contributed by atoms with Gasteiger partial charge in [-0.1, -0.05) is 18.2 Å². The smallest absolute Gasteiger partial charge is 0.338 e. The zero-order valence-corrected chi connectivity index (χ0v) is 15.0. The first-order chi connectivity index (χ1) is 13.2. The van der Waals surface area contributed by atoms with Gasteiger partial charge in [0.2, 0.25) is 0 Å². The van der Waals surface area contributed by atoms with Crippen molar-refractivity contribution in [2.24, 2.45) is 0 Å². The molecule has 0 unspecified atom stereocenters. The summed E-state index contributed by atoms with van der Waals surface area (Å²) in [5.74, 6) is -0.893. The van der Waals surface area contributed by atoms with Crippen LogP contribution < -0.4 is 0 Å². The highest BCUT2D eigenvalue weighted by Crippen LogP contribution is 2.22. The summed E-state index contributed by atoms with van der Waals surface area (Å²) in [4.78, 5) is 31.1. The number of rotatable bonds is 7. The third-order valence-corrected chi connectivity index (χ3v) is 4.12. The maximum Gasteiger partial charge on any atom is 0.338 e. The van der Waals surface area contributed by atoms with Crippen LogP contribution >= 0.6 is 0 Å². The molecule has 3 rings (SSSR count). The number of aromatic amines is 1. The van der Waals surface area contributed by atoms with Gasteiger partial charge in [-0.15, -0.1) is 0 Å². The van der Waals surface area contributed by atoms with Crippen molar-refractivity contribution in [1.29, 1.82) is 0 Å². The first-order valence-electron chi connectivity index (χ1n) is 8.58. The molecule has 0 saturated heterocycles. The zero-order chi connectivity index (χ0) is 19.1. The third kappa shape index (κ3) is 4.82. The van der Waals surface area contributed by atoms with Crippen LogP contribution in [0.3, 0.4) is 0 Å². The quantitative estimate of drug-likeness (QED) is 0.514. The number of H-pyrrole nitrogens is 1. The van der Waals surface area contributed by atoms with Crippen molar-refractivity contribution in [1.82, 2.24) is 9.97 Å². The van der Waals surface area contributed by atoms with E-state index >= 15 is 0 Å². The fourth-order valence-electron chi connectivity index (χ4n) is 2.69. The van der Waals surface area contributed by atoms with Crippen molar-refractivity contribution >= 4 is 28.4 Å². The van der Waals surface area contributed by atoms with Crippen molar-refractivity contribution in [2.75, 3.05) is 13.7 Å². The van der Waals surface area contributed by atoms with Crippen molar-refractivity contribution in [3.63, 3.8) is 0 Å². The SMILES string of the molecule is COC(=O)CCOC(=O)C(=CCc1cccnc1)c1ccc2[nH]ccc2c1. The van der Waals surface area contributed by atoms with Gasteiger partial charge < -0.3 is 14.5 Å². The molecule has 0 radical (unpaired) electrons. The largest absolute Gasteiger partial charge is 0.469 e.